The summed E-state index contributed by atoms with van der Waals surface area (Å²) < 4.78 is 0. The molecule has 8 heteroatoms. The summed E-state index contributed by atoms with van der Waals surface area (Å²) in [5, 5.41) is 14.6. The average Bonchev–Trinajstić information content (AvgIpc) is 3.02. The van der Waals surface area contributed by atoms with Gasteiger partial charge in [0.25, 0.3) is 0 Å². The molecule has 0 bridgehead atoms. The first kappa shape index (κ1) is 14.6. The van der Waals surface area contributed by atoms with Gasteiger partial charge in [0.1, 0.15) is 0 Å². The maximum atomic E-state index is 12.3. The minimum absolute atomic E-state index is 0.0140. The van der Waals surface area contributed by atoms with Crippen molar-refractivity contribution in [1.82, 2.24) is 9.88 Å². The Morgan fingerprint density at radius 3 is 2.75 bits per heavy atom. The number of rotatable bonds is 4. The van der Waals surface area contributed by atoms with Crippen molar-refractivity contribution in [2.75, 3.05) is 31.1 Å². The Kier molecular flexibility index (Phi) is 4.78. The molecule has 1 aliphatic heterocycles. The number of carbonyl (C=O) groups is 1. The average molecular weight is 297 g/mol. The Bertz CT molecular complexity index is 468. The molecule has 1 saturated heterocycles. The van der Waals surface area contributed by atoms with Gasteiger partial charge >= 0.3 is 0 Å². The molecular weight excluding hydrogens is 278 g/mol. The van der Waals surface area contributed by atoms with Gasteiger partial charge in [-0.2, -0.15) is 0 Å². The number of piperazine rings is 1. The summed E-state index contributed by atoms with van der Waals surface area (Å²) >= 11 is 1.60. The highest BCUT2D eigenvalue weighted by Gasteiger charge is 2.29. The lowest BCUT2D eigenvalue weighted by Crippen LogP contribution is -2.52. The fourth-order valence-electron chi connectivity index (χ4n) is 2.29. The summed E-state index contributed by atoms with van der Waals surface area (Å²) in [5.74, 6) is -0.618. The van der Waals surface area contributed by atoms with Crippen molar-refractivity contribution in [2.24, 2.45) is 16.8 Å². The van der Waals surface area contributed by atoms with E-state index >= 15 is 0 Å². The topological polar surface area (TPSA) is 95.1 Å². The maximum absolute atomic E-state index is 12.3. The van der Waals surface area contributed by atoms with Gasteiger partial charge in [-0.1, -0.05) is 12.1 Å². The van der Waals surface area contributed by atoms with E-state index in [1.807, 2.05) is 12.3 Å². The van der Waals surface area contributed by atoms with Crippen molar-refractivity contribution in [1.29, 1.82) is 0 Å². The number of anilines is 1. The quantitative estimate of drug-likeness (QED) is 0.366. The van der Waals surface area contributed by atoms with Gasteiger partial charge in [0.2, 0.25) is 5.91 Å². The lowest BCUT2D eigenvalue weighted by Gasteiger charge is -2.36. The molecule has 1 aliphatic rings. The van der Waals surface area contributed by atoms with Crippen molar-refractivity contribution in [3.63, 3.8) is 0 Å². The van der Waals surface area contributed by atoms with Crippen LogP contribution in [0.15, 0.2) is 16.7 Å². The van der Waals surface area contributed by atoms with Crippen LogP contribution in [0.2, 0.25) is 0 Å². The fraction of sp³-hybridized carbons (Fsp3) is 0.583. The van der Waals surface area contributed by atoms with Crippen LogP contribution in [0.25, 0.3) is 0 Å². The first-order chi connectivity index (χ1) is 9.67. The van der Waals surface area contributed by atoms with E-state index < -0.39 is 5.92 Å². The normalized spacial score (nSPS) is 18.1. The molecule has 2 heterocycles. The number of amides is 1. The van der Waals surface area contributed by atoms with Gasteiger partial charge in [-0.15, -0.1) is 11.3 Å². The van der Waals surface area contributed by atoms with E-state index in [2.05, 4.69) is 15.0 Å². The zero-order chi connectivity index (χ0) is 14.5. The minimum Gasteiger partial charge on any atom is -0.409 e. The van der Waals surface area contributed by atoms with Crippen LogP contribution >= 0.6 is 11.3 Å². The van der Waals surface area contributed by atoms with Crippen molar-refractivity contribution < 1.29 is 10.0 Å². The zero-order valence-corrected chi connectivity index (χ0v) is 12.2. The fourth-order valence-corrected chi connectivity index (χ4v) is 2.99. The second kappa shape index (κ2) is 6.56. The van der Waals surface area contributed by atoms with Gasteiger partial charge in [-0.25, -0.2) is 4.98 Å². The minimum atomic E-state index is -0.536. The molecule has 3 N–H and O–H groups in total. The second-order valence-corrected chi connectivity index (χ2v) is 5.49. The molecule has 20 heavy (non-hydrogen) atoms. The van der Waals surface area contributed by atoms with Crippen LogP contribution in [-0.2, 0) is 4.79 Å². The number of hydrogen-bond donors (Lipinski definition) is 2. The van der Waals surface area contributed by atoms with Gasteiger partial charge in [0.15, 0.2) is 11.0 Å². The monoisotopic (exact) mass is 297 g/mol. The maximum Gasteiger partial charge on any atom is 0.233 e. The number of aromatic nitrogens is 1. The summed E-state index contributed by atoms with van der Waals surface area (Å²) in [6.45, 7) is 4.63. The molecule has 1 aromatic rings. The molecule has 1 fully saturated rings. The van der Waals surface area contributed by atoms with Gasteiger partial charge in [0, 0.05) is 37.8 Å². The molecule has 1 aromatic heterocycles. The van der Waals surface area contributed by atoms with Crippen LogP contribution in [0.1, 0.15) is 13.3 Å². The first-order valence-electron chi connectivity index (χ1n) is 6.58. The number of nitrogens with two attached hydrogens (primary N) is 1. The number of carbonyl (C=O) groups excluding carboxylic acids is 1. The molecule has 0 aromatic carbocycles. The number of oxime groups is 1. The number of nitrogens with zero attached hydrogens (tertiary/aromatic N) is 4. The molecule has 1 atom stereocenters. The van der Waals surface area contributed by atoms with Gasteiger partial charge in [-0.3, -0.25) is 4.79 Å². The van der Waals surface area contributed by atoms with Gasteiger partial charge in [0.05, 0.1) is 5.92 Å². The standard InChI is InChI=1S/C12H19N5O2S/c1-2-9(10(13)15-19)11(18)16-4-6-17(7-5-16)12-14-3-8-20-12/h3,8-9,19H,2,4-7H2,1H3,(H2,13,15). The van der Waals surface area contributed by atoms with E-state index in [9.17, 15) is 4.79 Å². The molecule has 2 rings (SSSR count). The van der Waals surface area contributed by atoms with Crippen LogP contribution in [0.5, 0.6) is 0 Å². The Labute approximate surface area is 121 Å². The molecule has 0 radical (unpaired) electrons. The van der Waals surface area contributed by atoms with E-state index in [0.717, 1.165) is 18.2 Å². The molecule has 0 saturated carbocycles. The number of amidine groups is 1. The van der Waals surface area contributed by atoms with Crippen LogP contribution < -0.4 is 10.6 Å². The summed E-state index contributed by atoms with van der Waals surface area (Å²) in [7, 11) is 0. The number of thiazole rings is 1. The highest BCUT2D eigenvalue weighted by Crippen LogP contribution is 2.20. The highest BCUT2D eigenvalue weighted by atomic mass is 32.1. The second-order valence-electron chi connectivity index (χ2n) is 4.61. The van der Waals surface area contributed by atoms with Gasteiger partial charge in [-0.05, 0) is 6.42 Å². The summed E-state index contributed by atoms with van der Waals surface area (Å²) in [6.07, 6.45) is 2.31. The molecule has 0 aliphatic carbocycles. The van der Waals surface area contributed by atoms with E-state index in [0.29, 0.717) is 19.5 Å². The molecule has 1 unspecified atom stereocenters. The third-order valence-corrected chi connectivity index (χ3v) is 4.29. The van der Waals surface area contributed by atoms with Crippen LogP contribution in [0, 0.1) is 5.92 Å². The lowest BCUT2D eigenvalue weighted by atomic mass is 10.0. The Morgan fingerprint density at radius 2 is 2.25 bits per heavy atom. The van der Waals surface area contributed by atoms with Crippen molar-refractivity contribution in [3.8, 4) is 0 Å². The molecule has 1 amide bonds. The SMILES string of the molecule is CCC(C(=O)N1CCN(c2nccs2)CC1)C(N)=NO. The molecule has 0 spiro atoms. The molecule has 110 valence electrons. The van der Waals surface area contributed by atoms with E-state index in [1.165, 1.54) is 0 Å². The smallest absolute Gasteiger partial charge is 0.233 e. The third kappa shape index (κ3) is 3.01. The van der Waals surface area contributed by atoms with E-state index in [-0.39, 0.29) is 11.7 Å². The van der Waals surface area contributed by atoms with E-state index in [4.69, 9.17) is 10.9 Å². The molecule has 7 nitrogen and oxygen atoms in total. The van der Waals surface area contributed by atoms with Gasteiger partial charge < -0.3 is 20.7 Å². The molecular formula is C12H19N5O2S. The van der Waals surface area contributed by atoms with Crippen LogP contribution in [0.3, 0.4) is 0 Å². The summed E-state index contributed by atoms with van der Waals surface area (Å²) in [4.78, 5) is 20.6. The zero-order valence-electron chi connectivity index (χ0n) is 11.4. The van der Waals surface area contributed by atoms with Crippen molar-refractivity contribution in [3.05, 3.63) is 11.6 Å². The van der Waals surface area contributed by atoms with Crippen LogP contribution in [-0.4, -0.2) is 53.0 Å². The predicted molar refractivity (Wildman–Crippen MR) is 78.1 cm³/mol. The first-order valence-corrected chi connectivity index (χ1v) is 7.46. The Morgan fingerprint density at radius 1 is 1.55 bits per heavy atom. The predicted octanol–water partition coefficient (Wildman–Crippen LogP) is 0.564. The summed E-state index contributed by atoms with van der Waals surface area (Å²) in [5.41, 5.74) is 5.57. The number of hydrogen-bond acceptors (Lipinski definition) is 6. The van der Waals surface area contributed by atoms with Crippen molar-refractivity contribution in [2.45, 2.75) is 13.3 Å². The van der Waals surface area contributed by atoms with Crippen LogP contribution in [0.4, 0.5) is 5.13 Å². The van der Waals surface area contributed by atoms with E-state index in [1.54, 1.807) is 22.4 Å². The highest BCUT2D eigenvalue weighted by molar-refractivity contribution is 7.13. The summed E-state index contributed by atoms with van der Waals surface area (Å²) in [6, 6.07) is 0. The largest absolute Gasteiger partial charge is 0.409 e. The lowest BCUT2D eigenvalue weighted by molar-refractivity contribution is -0.133. The van der Waals surface area contributed by atoms with Crippen molar-refractivity contribution >= 4 is 28.2 Å². The Balaban J connectivity index is 1.94. The third-order valence-electron chi connectivity index (χ3n) is 3.46. The Hall–Kier alpha value is -1.83.